The molecule has 0 aromatic heterocycles. The monoisotopic (exact) mass is 286 g/mol. The molecule has 0 saturated heterocycles. The van der Waals surface area contributed by atoms with E-state index in [-0.39, 0.29) is 11.9 Å². The third-order valence-corrected chi connectivity index (χ3v) is 2.76. The van der Waals surface area contributed by atoms with Crippen molar-refractivity contribution in [1.82, 2.24) is 5.32 Å². The predicted octanol–water partition coefficient (Wildman–Crippen LogP) is 1.53. The summed E-state index contributed by atoms with van der Waals surface area (Å²) < 4.78 is 5.84. The molecule has 0 saturated carbocycles. The van der Waals surface area contributed by atoms with Gasteiger partial charge in [0.15, 0.2) is 0 Å². The average molecular weight is 287 g/mol. The Bertz CT molecular complexity index is 382. The quantitative estimate of drug-likeness (QED) is 0.882. The van der Waals surface area contributed by atoms with Crippen molar-refractivity contribution in [2.75, 3.05) is 13.7 Å². The van der Waals surface area contributed by atoms with Crippen LogP contribution < -0.4 is 15.8 Å². The summed E-state index contributed by atoms with van der Waals surface area (Å²) >= 11 is 3.33. The molecule has 0 aliphatic carbocycles. The summed E-state index contributed by atoms with van der Waals surface area (Å²) in [6.45, 7) is 2.28. The number of hydrogen-bond acceptors (Lipinski definition) is 3. The van der Waals surface area contributed by atoms with Crippen LogP contribution in [0.3, 0.4) is 0 Å². The summed E-state index contributed by atoms with van der Waals surface area (Å²) in [6.07, 6.45) is 0. The molecule has 88 valence electrons. The predicted molar refractivity (Wildman–Crippen MR) is 66.7 cm³/mol. The number of benzene rings is 1. The summed E-state index contributed by atoms with van der Waals surface area (Å²) in [6, 6.07) is 5.14. The molecule has 1 rings (SSSR count). The number of methoxy groups -OCH3 is 1. The zero-order valence-corrected chi connectivity index (χ0v) is 10.9. The van der Waals surface area contributed by atoms with Crippen molar-refractivity contribution >= 4 is 21.8 Å². The molecule has 1 aromatic carbocycles. The average Bonchev–Trinajstić information content (AvgIpc) is 2.28. The van der Waals surface area contributed by atoms with Crippen molar-refractivity contribution in [2.24, 2.45) is 5.73 Å². The van der Waals surface area contributed by atoms with Crippen molar-refractivity contribution < 1.29 is 9.53 Å². The topological polar surface area (TPSA) is 64.3 Å². The van der Waals surface area contributed by atoms with E-state index in [0.29, 0.717) is 17.9 Å². The number of carbonyl (C=O) groups is 1. The van der Waals surface area contributed by atoms with E-state index in [1.165, 1.54) is 0 Å². The summed E-state index contributed by atoms with van der Waals surface area (Å²) in [5.41, 5.74) is 6.01. The number of hydrogen-bond donors (Lipinski definition) is 2. The highest BCUT2D eigenvalue weighted by atomic mass is 79.9. The number of nitrogens with two attached hydrogens (primary N) is 1. The fourth-order valence-electron chi connectivity index (χ4n) is 1.17. The molecule has 4 nitrogen and oxygen atoms in total. The number of amides is 1. The molecule has 1 aromatic rings. The maximum absolute atomic E-state index is 11.7. The lowest BCUT2D eigenvalue weighted by molar-refractivity contribution is 0.0941. The van der Waals surface area contributed by atoms with E-state index in [9.17, 15) is 4.79 Å². The van der Waals surface area contributed by atoms with Gasteiger partial charge in [0.1, 0.15) is 5.75 Å². The second-order valence-corrected chi connectivity index (χ2v) is 4.31. The maximum Gasteiger partial charge on any atom is 0.251 e. The second kappa shape index (κ2) is 5.86. The lowest BCUT2D eigenvalue weighted by Crippen LogP contribution is -2.37. The van der Waals surface area contributed by atoms with Gasteiger partial charge in [-0.15, -0.1) is 0 Å². The Morgan fingerprint density at radius 1 is 1.62 bits per heavy atom. The molecule has 0 fully saturated rings. The van der Waals surface area contributed by atoms with Gasteiger partial charge >= 0.3 is 0 Å². The highest BCUT2D eigenvalue weighted by Gasteiger charge is 2.10. The van der Waals surface area contributed by atoms with Crippen LogP contribution in [-0.2, 0) is 0 Å². The Hall–Kier alpha value is -1.07. The zero-order valence-electron chi connectivity index (χ0n) is 9.29. The molecular weight excluding hydrogens is 272 g/mol. The molecule has 0 radical (unpaired) electrons. The Labute approximate surface area is 103 Å². The van der Waals surface area contributed by atoms with Crippen molar-refractivity contribution in [3.63, 3.8) is 0 Å². The van der Waals surface area contributed by atoms with Gasteiger partial charge in [0.25, 0.3) is 5.91 Å². The molecule has 16 heavy (non-hydrogen) atoms. The van der Waals surface area contributed by atoms with E-state index < -0.39 is 0 Å². The van der Waals surface area contributed by atoms with Crippen LogP contribution in [0.25, 0.3) is 0 Å². The normalized spacial score (nSPS) is 12.0. The Morgan fingerprint density at radius 3 is 2.81 bits per heavy atom. The first-order valence-electron chi connectivity index (χ1n) is 4.93. The fourth-order valence-corrected chi connectivity index (χ4v) is 1.71. The van der Waals surface area contributed by atoms with Crippen molar-refractivity contribution in [3.8, 4) is 5.75 Å². The largest absolute Gasteiger partial charge is 0.496 e. The van der Waals surface area contributed by atoms with Gasteiger partial charge < -0.3 is 15.8 Å². The van der Waals surface area contributed by atoms with Gasteiger partial charge in [-0.2, -0.15) is 0 Å². The first-order chi connectivity index (χ1) is 7.58. The van der Waals surface area contributed by atoms with Crippen molar-refractivity contribution in [3.05, 3.63) is 28.2 Å². The summed E-state index contributed by atoms with van der Waals surface area (Å²) in [7, 11) is 1.58. The van der Waals surface area contributed by atoms with Gasteiger partial charge in [0.2, 0.25) is 0 Å². The fraction of sp³-hybridized carbons (Fsp3) is 0.364. The Balaban J connectivity index is 2.81. The number of halogens is 1. The molecule has 0 aliphatic heterocycles. The lowest BCUT2D eigenvalue weighted by atomic mass is 10.2. The van der Waals surface area contributed by atoms with Gasteiger partial charge in [-0.3, -0.25) is 4.79 Å². The summed E-state index contributed by atoms with van der Waals surface area (Å²) in [5.74, 6) is 0.560. The minimum atomic E-state index is -0.138. The van der Waals surface area contributed by atoms with Crippen molar-refractivity contribution in [1.29, 1.82) is 0 Å². The van der Waals surface area contributed by atoms with Crippen LogP contribution in [0.15, 0.2) is 22.7 Å². The van der Waals surface area contributed by atoms with E-state index >= 15 is 0 Å². The Kier molecular flexibility index (Phi) is 4.76. The SMILES string of the molecule is COc1ccc(C(=O)NC(C)CN)cc1Br. The van der Waals surface area contributed by atoms with Crippen LogP contribution >= 0.6 is 15.9 Å². The van der Waals surface area contributed by atoms with E-state index in [4.69, 9.17) is 10.5 Å². The minimum Gasteiger partial charge on any atom is -0.496 e. The number of carbonyl (C=O) groups excluding carboxylic acids is 1. The molecule has 1 amide bonds. The van der Waals surface area contributed by atoms with E-state index in [1.54, 1.807) is 25.3 Å². The molecule has 1 unspecified atom stereocenters. The van der Waals surface area contributed by atoms with E-state index in [0.717, 1.165) is 4.47 Å². The third-order valence-electron chi connectivity index (χ3n) is 2.15. The lowest BCUT2D eigenvalue weighted by Gasteiger charge is -2.12. The highest BCUT2D eigenvalue weighted by molar-refractivity contribution is 9.10. The van der Waals surface area contributed by atoms with E-state index in [1.807, 2.05) is 6.92 Å². The van der Waals surface area contributed by atoms with Gasteiger partial charge in [-0.1, -0.05) is 0 Å². The first-order valence-corrected chi connectivity index (χ1v) is 5.72. The molecule has 0 bridgehead atoms. The summed E-state index contributed by atoms with van der Waals surface area (Å²) in [5, 5.41) is 2.78. The second-order valence-electron chi connectivity index (χ2n) is 3.46. The van der Waals surface area contributed by atoms with E-state index in [2.05, 4.69) is 21.2 Å². The minimum absolute atomic E-state index is 0.0339. The standard InChI is InChI=1S/C11H15BrN2O2/c1-7(6-13)14-11(15)8-3-4-10(16-2)9(12)5-8/h3-5,7H,6,13H2,1-2H3,(H,14,15). The third kappa shape index (κ3) is 3.21. The van der Waals surface area contributed by atoms with Gasteiger partial charge in [-0.25, -0.2) is 0 Å². The van der Waals surface area contributed by atoms with Gasteiger partial charge in [-0.05, 0) is 41.1 Å². The van der Waals surface area contributed by atoms with Crippen LogP contribution in [0.5, 0.6) is 5.75 Å². The molecule has 5 heteroatoms. The maximum atomic E-state index is 11.7. The highest BCUT2D eigenvalue weighted by Crippen LogP contribution is 2.25. The van der Waals surface area contributed by atoms with Crippen LogP contribution in [0.1, 0.15) is 17.3 Å². The van der Waals surface area contributed by atoms with Crippen LogP contribution in [0.2, 0.25) is 0 Å². The summed E-state index contributed by atoms with van der Waals surface area (Å²) in [4.78, 5) is 11.7. The van der Waals surface area contributed by atoms with Crippen LogP contribution in [0, 0.1) is 0 Å². The van der Waals surface area contributed by atoms with Crippen LogP contribution in [0.4, 0.5) is 0 Å². The molecule has 3 N–H and O–H groups in total. The Morgan fingerprint density at radius 2 is 2.31 bits per heavy atom. The number of ether oxygens (including phenoxy) is 1. The number of nitrogens with one attached hydrogen (secondary N) is 1. The van der Waals surface area contributed by atoms with Crippen LogP contribution in [-0.4, -0.2) is 25.6 Å². The molecule has 0 spiro atoms. The van der Waals surface area contributed by atoms with Gasteiger partial charge in [0.05, 0.1) is 11.6 Å². The zero-order chi connectivity index (χ0) is 12.1. The smallest absolute Gasteiger partial charge is 0.251 e. The van der Waals surface area contributed by atoms with Gasteiger partial charge in [0, 0.05) is 18.2 Å². The molecule has 0 aliphatic rings. The molecule has 0 heterocycles. The molecule has 1 atom stereocenters. The first kappa shape index (κ1) is 13.0. The molecular formula is C11H15BrN2O2. The van der Waals surface area contributed by atoms with Crippen molar-refractivity contribution in [2.45, 2.75) is 13.0 Å². The number of rotatable bonds is 4.